The van der Waals surface area contributed by atoms with Crippen LogP contribution in [0, 0.1) is 4.91 Å². The quantitative estimate of drug-likeness (QED) is 0.436. The van der Waals surface area contributed by atoms with Crippen LogP contribution in [-0.4, -0.2) is 6.54 Å². The fraction of sp³-hybridized carbons (Fsp3) is 0.375. The van der Waals surface area contributed by atoms with Crippen molar-refractivity contribution in [3.63, 3.8) is 0 Å². The number of benzene rings is 2. The summed E-state index contributed by atoms with van der Waals surface area (Å²) in [6.45, 7) is 0.692. The van der Waals surface area contributed by atoms with E-state index in [-0.39, 0.29) is 0 Å². The topological polar surface area (TPSA) is 41.5 Å². The Hall–Kier alpha value is -1.90. The maximum Gasteiger partial charge on any atom is 0.0496 e. The van der Waals surface area contributed by atoms with E-state index in [2.05, 4.69) is 53.2 Å². The second-order valence-corrected chi connectivity index (χ2v) is 4.80. The number of hydrogen-bond acceptors (Lipinski definition) is 2. The third kappa shape index (κ3) is 4.05. The fourth-order valence-electron chi connectivity index (χ4n) is 2.43. The first-order valence-corrected chi connectivity index (χ1v) is 6.93. The molecule has 0 atom stereocenters. The van der Waals surface area contributed by atoms with Gasteiger partial charge in [-0.05, 0) is 35.6 Å². The fourth-order valence-corrected chi connectivity index (χ4v) is 2.43. The number of fused-ring (bicyclic) bond motifs is 1. The van der Waals surface area contributed by atoms with Crippen molar-refractivity contribution in [2.24, 2.45) is 5.29 Å². The Bertz CT molecular complexity index is 520. The van der Waals surface area contributed by atoms with E-state index in [9.17, 15) is 4.91 Å². The van der Waals surface area contributed by atoms with Crippen molar-refractivity contribution in [1.29, 1.82) is 0 Å². The molecule has 0 aromatic heterocycles. The molecule has 1 N–H and O–H groups in total. The Morgan fingerprint density at radius 3 is 2.58 bits per heavy atom. The second kappa shape index (κ2) is 7.52. The number of nitrogens with zero attached hydrogens (tertiary/aromatic N) is 1. The summed E-state index contributed by atoms with van der Waals surface area (Å²) in [6.07, 6.45) is 5.68. The van der Waals surface area contributed by atoms with Crippen LogP contribution in [0.5, 0.6) is 0 Å². The Balaban J connectivity index is 1.80. The molecule has 0 bridgehead atoms. The van der Waals surface area contributed by atoms with Gasteiger partial charge in [-0.2, -0.15) is 0 Å². The third-order valence-corrected chi connectivity index (χ3v) is 3.43. The lowest BCUT2D eigenvalue weighted by Crippen LogP contribution is -2.05. The van der Waals surface area contributed by atoms with Crippen LogP contribution in [-0.2, 0) is 6.42 Å². The largest absolute Gasteiger partial charge is 0.274 e. The smallest absolute Gasteiger partial charge is 0.0496 e. The molecule has 0 aliphatic rings. The van der Waals surface area contributed by atoms with E-state index in [1.165, 1.54) is 29.2 Å². The molecular weight excluding hydrogens is 236 g/mol. The van der Waals surface area contributed by atoms with Crippen LogP contribution in [0.25, 0.3) is 10.8 Å². The second-order valence-electron chi connectivity index (χ2n) is 4.80. The van der Waals surface area contributed by atoms with Crippen LogP contribution < -0.4 is 5.43 Å². The minimum absolute atomic E-state index is 0.692. The average Bonchev–Trinajstić information content (AvgIpc) is 2.46. The lowest BCUT2D eigenvalue weighted by molar-refractivity contribution is 0.599. The Labute approximate surface area is 114 Å². The van der Waals surface area contributed by atoms with Gasteiger partial charge in [-0.15, -0.1) is 4.91 Å². The van der Waals surface area contributed by atoms with Crippen molar-refractivity contribution >= 4 is 10.8 Å². The molecule has 2 aromatic carbocycles. The summed E-state index contributed by atoms with van der Waals surface area (Å²) in [7, 11) is 0. The van der Waals surface area contributed by atoms with Crippen molar-refractivity contribution in [3.8, 4) is 0 Å². The van der Waals surface area contributed by atoms with E-state index < -0.39 is 0 Å². The van der Waals surface area contributed by atoms with Crippen molar-refractivity contribution in [3.05, 3.63) is 52.9 Å². The molecular formula is C16H20N2O. The predicted molar refractivity (Wildman–Crippen MR) is 79.9 cm³/mol. The molecule has 0 aliphatic heterocycles. The maximum absolute atomic E-state index is 9.84. The average molecular weight is 256 g/mol. The molecule has 2 aromatic rings. The summed E-state index contributed by atoms with van der Waals surface area (Å²) >= 11 is 0. The van der Waals surface area contributed by atoms with Crippen LogP contribution in [0.3, 0.4) is 0 Å². The first-order valence-electron chi connectivity index (χ1n) is 6.93. The zero-order valence-corrected chi connectivity index (χ0v) is 11.1. The van der Waals surface area contributed by atoms with Crippen LogP contribution in [0.1, 0.15) is 31.2 Å². The molecule has 0 spiro atoms. The van der Waals surface area contributed by atoms with Gasteiger partial charge in [-0.25, -0.2) is 0 Å². The lowest BCUT2D eigenvalue weighted by Gasteiger charge is -2.06. The van der Waals surface area contributed by atoms with Crippen LogP contribution in [0.2, 0.25) is 0 Å². The van der Waals surface area contributed by atoms with Gasteiger partial charge in [0.15, 0.2) is 0 Å². The Morgan fingerprint density at radius 2 is 1.68 bits per heavy atom. The third-order valence-electron chi connectivity index (χ3n) is 3.43. The SMILES string of the molecule is O=NNCCCCCCc1cccc2ccccc12. The molecule has 100 valence electrons. The van der Waals surface area contributed by atoms with Gasteiger partial charge in [0, 0.05) is 11.8 Å². The summed E-state index contributed by atoms with van der Waals surface area (Å²) in [6, 6.07) is 15.1. The van der Waals surface area contributed by atoms with Gasteiger partial charge < -0.3 is 0 Å². The zero-order valence-electron chi connectivity index (χ0n) is 11.1. The zero-order chi connectivity index (χ0) is 13.3. The molecule has 0 unspecified atom stereocenters. The highest BCUT2D eigenvalue weighted by molar-refractivity contribution is 5.85. The molecule has 0 amide bonds. The Morgan fingerprint density at radius 1 is 0.895 bits per heavy atom. The molecule has 0 aliphatic carbocycles. The lowest BCUT2D eigenvalue weighted by atomic mass is 9.99. The number of rotatable bonds is 8. The molecule has 0 saturated heterocycles. The summed E-state index contributed by atoms with van der Waals surface area (Å²) in [5, 5.41) is 5.33. The van der Waals surface area contributed by atoms with Gasteiger partial charge in [0.1, 0.15) is 0 Å². The van der Waals surface area contributed by atoms with Gasteiger partial charge in [0.25, 0.3) is 0 Å². The minimum atomic E-state index is 0.692. The predicted octanol–water partition coefficient (Wildman–Crippen LogP) is 4.21. The van der Waals surface area contributed by atoms with Crippen molar-refractivity contribution in [2.75, 3.05) is 6.54 Å². The molecule has 19 heavy (non-hydrogen) atoms. The monoisotopic (exact) mass is 256 g/mol. The van der Waals surface area contributed by atoms with E-state index in [1.807, 2.05) is 0 Å². The van der Waals surface area contributed by atoms with Gasteiger partial charge >= 0.3 is 0 Å². The highest BCUT2D eigenvalue weighted by Crippen LogP contribution is 2.20. The first-order chi connectivity index (χ1) is 9.42. The van der Waals surface area contributed by atoms with E-state index in [4.69, 9.17) is 0 Å². The number of nitrogens with one attached hydrogen (secondary N) is 1. The van der Waals surface area contributed by atoms with E-state index >= 15 is 0 Å². The molecule has 2 rings (SSSR count). The summed E-state index contributed by atoms with van der Waals surface area (Å²) in [5.41, 5.74) is 3.89. The highest BCUT2D eigenvalue weighted by atomic mass is 16.3. The van der Waals surface area contributed by atoms with Crippen LogP contribution in [0.4, 0.5) is 0 Å². The molecule has 3 nitrogen and oxygen atoms in total. The molecule has 0 heterocycles. The summed E-state index contributed by atoms with van der Waals surface area (Å²) < 4.78 is 0. The normalized spacial score (nSPS) is 10.5. The Kier molecular flexibility index (Phi) is 5.35. The first kappa shape index (κ1) is 13.5. The van der Waals surface area contributed by atoms with Gasteiger partial charge in [0.2, 0.25) is 0 Å². The van der Waals surface area contributed by atoms with Crippen molar-refractivity contribution < 1.29 is 0 Å². The molecule has 0 radical (unpaired) electrons. The molecule has 0 fully saturated rings. The van der Waals surface area contributed by atoms with Gasteiger partial charge in [-0.3, -0.25) is 5.43 Å². The van der Waals surface area contributed by atoms with E-state index in [1.54, 1.807) is 0 Å². The van der Waals surface area contributed by atoms with Crippen molar-refractivity contribution in [2.45, 2.75) is 32.1 Å². The minimum Gasteiger partial charge on any atom is -0.274 e. The number of aryl methyl sites for hydroxylation is 1. The van der Waals surface area contributed by atoms with Crippen LogP contribution in [0.15, 0.2) is 47.8 Å². The van der Waals surface area contributed by atoms with E-state index in [0.717, 1.165) is 19.3 Å². The molecule has 3 heteroatoms. The molecule has 0 saturated carbocycles. The number of nitroso groups, excluding NO2 is 1. The highest BCUT2D eigenvalue weighted by Gasteiger charge is 1.99. The maximum atomic E-state index is 9.84. The summed E-state index contributed by atoms with van der Waals surface area (Å²) in [4.78, 5) is 9.84. The number of hydrogen-bond donors (Lipinski definition) is 1. The van der Waals surface area contributed by atoms with Crippen molar-refractivity contribution in [1.82, 2.24) is 5.43 Å². The van der Waals surface area contributed by atoms with Crippen LogP contribution >= 0.6 is 0 Å². The van der Waals surface area contributed by atoms with E-state index in [0.29, 0.717) is 6.54 Å². The van der Waals surface area contributed by atoms with Gasteiger partial charge in [0.05, 0.1) is 0 Å². The standard InChI is InChI=1S/C16H20N2O/c19-18-17-13-6-2-1-3-8-14-10-7-11-15-9-4-5-12-16(14)15/h4-5,7,9-12H,1-3,6,8,13H2,(H,17,19). The van der Waals surface area contributed by atoms with Gasteiger partial charge in [-0.1, -0.05) is 55.3 Å². The summed E-state index contributed by atoms with van der Waals surface area (Å²) in [5.74, 6) is 0. The number of unbranched alkanes of at least 4 members (excludes halogenated alkanes) is 3.